The van der Waals surface area contributed by atoms with Gasteiger partial charge in [0.2, 0.25) is 0 Å². The van der Waals surface area contributed by atoms with E-state index >= 15 is 0 Å². The van der Waals surface area contributed by atoms with Crippen LogP contribution in [0.15, 0.2) is 24.3 Å². The highest BCUT2D eigenvalue weighted by Crippen LogP contribution is 2.36. The molecule has 3 rings (SSSR count). The molecule has 4 nitrogen and oxygen atoms in total. The SMILES string of the molecule is CC1CCC2(CC1)NC(=O)N(Cc1ccc(F)cc1)C2=O. The lowest BCUT2D eigenvalue weighted by atomic mass is 9.77. The van der Waals surface area contributed by atoms with E-state index in [4.69, 9.17) is 0 Å². The van der Waals surface area contributed by atoms with Gasteiger partial charge in [-0.05, 0) is 49.3 Å². The first kappa shape index (κ1) is 14.0. The quantitative estimate of drug-likeness (QED) is 0.851. The number of benzene rings is 1. The largest absolute Gasteiger partial charge is 0.325 e. The van der Waals surface area contributed by atoms with E-state index in [2.05, 4.69) is 12.2 Å². The van der Waals surface area contributed by atoms with Crippen molar-refractivity contribution in [3.05, 3.63) is 35.6 Å². The predicted molar refractivity (Wildman–Crippen MR) is 75.8 cm³/mol. The second-order valence-electron chi connectivity index (χ2n) is 6.21. The van der Waals surface area contributed by atoms with Crippen LogP contribution in [0.5, 0.6) is 0 Å². The van der Waals surface area contributed by atoms with E-state index in [1.807, 2.05) is 0 Å². The molecule has 112 valence electrons. The standard InChI is InChI=1S/C16H19FN2O2/c1-11-6-8-16(9-7-11)14(20)19(15(21)18-16)10-12-2-4-13(17)5-3-12/h2-5,11H,6-10H2,1H3,(H,18,21). The fraction of sp³-hybridized carbons (Fsp3) is 0.500. The maximum Gasteiger partial charge on any atom is 0.325 e. The lowest BCUT2D eigenvalue weighted by molar-refractivity contribution is -0.133. The molecule has 21 heavy (non-hydrogen) atoms. The maximum atomic E-state index is 12.9. The summed E-state index contributed by atoms with van der Waals surface area (Å²) in [5, 5.41) is 2.88. The Morgan fingerprint density at radius 2 is 1.86 bits per heavy atom. The van der Waals surface area contributed by atoms with Crippen LogP contribution in [0.2, 0.25) is 0 Å². The van der Waals surface area contributed by atoms with Gasteiger partial charge in [-0.15, -0.1) is 0 Å². The Kier molecular flexibility index (Phi) is 3.43. The van der Waals surface area contributed by atoms with Crippen molar-refractivity contribution in [2.24, 2.45) is 5.92 Å². The van der Waals surface area contributed by atoms with Crippen LogP contribution in [-0.2, 0) is 11.3 Å². The highest BCUT2D eigenvalue weighted by Gasteiger charge is 2.51. The van der Waals surface area contributed by atoms with Crippen LogP contribution in [0.4, 0.5) is 9.18 Å². The van der Waals surface area contributed by atoms with Gasteiger partial charge in [-0.1, -0.05) is 19.1 Å². The van der Waals surface area contributed by atoms with E-state index in [0.717, 1.165) is 18.4 Å². The third-order valence-electron chi connectivity index (χ3n) is 4.63. The summed E-state index contributed by atoms with van der Waals surface area (Å²) in [5.41, 5.74) is 0.0463. The van der Waals surface area contributed by atoms with Crippen molar-refractivity contribution in [1.29, 1.82) is 0 Å². The van der Waals surface area contributed by atoms with Gasteiger partial charge in [0, 0.05) is 0 Å². The Morgan fingerprint density at radius 3 is 2.48 bits per heavy atom. The van der Waals surface area contributed by atoms with Gasteiger partial charge in [-0.25, -0.2) is 9.18 Å². The first-order valence-electron chi connectivity index (χ1n) is 7.39. The lowest BCUT2D eigenvalue weighted by Gasteiger charge is -2.33. The van der Waals surface area contributed by atoms with Gasteiger partial charge in [-0.2, -0.15) is 0 Å². The zero-order valence-electron chi connectivity index (χ0n) is 12.1. The Hall–Kier alpha value is -1.91. The number of urea groups is 1. The molecule has 2 fully saturated rings. The van der Waals surface area contributed by atoms with Crippen LogP contribution in [0.3, 0.4) is 0 Å². The van der Waals surface area contributed by atoms with Crippen LogP contribution >= 0.6 is 0 Å². The average molecular weight is 290 g/mol. The molecule has 1 heterocycles. The molecule has 0 unspecified atom stereocenters. The summed E-state index contributed by atoms with van der Waals surface area (Å²) in [6.45, 7) is 2.37. The summed E-state index contributed by atoms with van der Waals surface area (Å²) in [6.07, 6.45) is 3.32. The third-order valence-corrected chi connectivity index (χ3v) is 4.63. The molecule has 0 bridgehead atoms. The molecular weight excluding hydrogens is 271 g/mol. The Balaban J connectivity index is 1.76. The summed E-state index contributed by atoms with van der Waals surface area (Å²) < 4.78 is 12.9. The second-order valence-corrected chi connectivity index (χ2v) is 6.21. The fourth-order valence-corrected chi connectivity index (χ4v) is 3.19. The van der Waals surface area contributed by atoms with E-state index in [0.29, 0.717) is 18.8 Å². The number of hydrogen-bond donors (Lipinski definition) is 1. The number of carbonyl (C=O) groups is 2. The van der Waals surface area contributed by atoms with Crippen LogP contribution in [-0.4, -0.2) is 22.4 Å². The summed E-state index contributed by atoms with van der Waals surface area (Å²) in [6, 6.07) is 5.55. The van der Waals surface area contributed by atoms with Crippen LogP contribution in [0, 0.1) is 11.7 Å². The number of carbonyl (C=O) groups excluding carboxylic acids is 2. The van der Waals surface area contributed by atoms with Gasteiger partial charge < -0.3 is 5.32 Å². The number of halogens is 1. The third kappa shape index (κ3) is 2.52. The highest BCUT2D eigenvalue weighted by molar-refractivity contribution is 6.07. The predicted octanol–water partition coefficient (Wildman–Crippen LogP) is 2.83. The molecule has 1 spiro atoms. The summed E-state index contributed by atoms with van der Waals surface area (Å²) in [4.78, 5) is 26.0. The van der Waals surface area contributed by atoms with Crippen LogP contribution in [0.25, 0.3) is 0 Å². The van der Waals surface area contributed by atoms with Gasteiger partial charge in [0.15, 0.2) is 0 Å². The first-order chi connectivity index (χ1) is 10.00. The number of nitrogens with one attached hydrogen (secondary N) is 1. The minimum Gasteiger partial charge on any atom is -0.323 e. The number of imide groups is 1. The van der Waals surface area contributed by atoms with E-state index < -0.39 is 5.54 Å². The van der Waals surface area contributed by atoms with E-state index in [1.165, 1.54) is 17.0 Å². The smallest absolute Gasteiger partial charge is 0.323 e. The first-order valence-corrected chi connectivity index (χ1v) is 7.39. The van der Waals surface area contributed by atoms with Crippen molar-refractivity contribution < 1.29 is 14.0 Å². The number of nitrogens with zero attached hydrogens (tertiary/aromatic N) is 1. The summed E-state index contributed by atoms with van der Waals surface area (Å²) in [5.74, 6) is 0.142. The molecule has 1 aliphatic carbocycles. The van der Waals surface area contributed by atoms with E-state index in [1.54, 1.807) is 12.1 Å². The maximum absolute atomic E-state index is 12.9. The summed E-state index contributed by atoms with van der Waals surface area (Å²) >= 11 is 0. The molecular formula is C16H19FN2O2. The van der Waals surface area contributed by atoms with Crippen molar-refractivity contribution in [3.63, 3.8) is 0 Å². The Bertz CT molecular complexity index is 562. The van der Waals surface area contributed by atoms with Crippen molar-refractivity contribution >= 4 is 11.9 Å². The molecule has 1 aromatic rings. The minimum atomic E-state index is -0.705. The topological polar surface area (TPSA) is 49.4 Å². The molecule has 1 aromatic carbocycles. The summed E-state index contributed by atoms with van der Waals surface area (Å²) in [7, 11) is 0. The second kappa shape index (κ2) is 5.13. The van der Waals surface area contributed by atoms with Crippen molar-refractivity contribution in [1.82, 2.24) is 10.2 Å². The normalized spacial score (nSPS) is 29.0. The number of rotatable bonds is 2. The zero-order chi connectivity index (χ0) is 15.0. The number of amides is 3. The lowest BCUT2D eigenvalue weighted by Crippen LogP contribution is -2.49. The van der Waals surface area contributed by atoms with Crippen LogP contribution in [0.1, 0.15) is 38.2 Å². The molecule has 5 heteroatoms. The molecule has 0 atom stereocenters. The monoisotopic (exact) mass is 290 g/mol. The Morgan fingerprint density at radius 1 is 1.24 bits per heavy atom. The molecule has 1 saturated carbocycles. The van der Waals surface area contributed by atoms with E-state index in [9.17, 15) is 14.0 Å². The van der Waals surface area contributed by atoms with Gasteiger partial charge in [0.05, 0.1) is 6.54 Å². The molecule has 3 amide bonds. The van der Waals surface area contributed by atoms with Gasteiger partial charge in [-0.3, -0.25) is 9.69 Å². The van der Waals surface area contributed by atoms with Gasteiger partial charge in [0.25, 0.3) is 5.91 Å². The Labute approximate surface area is 123 Å². The van der Waals surface area contributed by atoms with Crippen molar-refractivity contribution in [2.75, 3.05) is 0 Å². The molecule has 1 N–H and O–H groups in total. The van der Waals surface area contributed by atoms with Crippen molar-refractivity contribution in [2.45, 2.75) is 44.7 Å². The molecule has 1 aliphatic heterocycles. The number of hydrogen-bond acceptors (Lipinski definition) is 2. The van der Waals surface area contributed by atoms with Gasteiger partial charge in [0.1, 0.15) is 11.4 Å². The van der Waals surface area contributed by atoms with E-state index in [-0.39, 0.29) is 24.3 Å². The zero-order valence-corrected chi connectivity index (χ0v) is 12.1. The van der Waals surface area contributed by atoms with Gasteiger partial charge >= 0.3 is 6.03 Å². The van der Waals surface area contributed by atoms with Crippen LogP contribution < -0.4 is 5.32 Å². The molecule has 0 radical (unpaired) electrons. The molecule has 2 aliphatic rings. The fourth-order valence-electron chi connectivity index (χ4n) is 3.19. The highest BCUT2D eigenvalue weighted by atomic mass is 19.1. The molecule has 1 saturated heterocycles. The molecule has 0 aromatic heterocycles. The van der Waals surface area contributed by atoms with Crippen molar-refractivity contribution in [3.8, 4) is 0 Å². The minimum absolute atomic E-state index is 0.135. The average Bonchev–Trinajstić information content (AvgIpc) is 2.69.